The summed E-state index contributed by atoms with van der Waals surface area (Å²) in [6.45, 7) is 7.07. The molecule has 1 aliphatic rings. The van der Waals surface area contributed by atoms with E-state index >= 15 is 0 Å². The van der Waals surface area contributed by atoms with Crippen molar-refractivity contribution in [2.45, 2.75) is 58.5 Å². The molecule has 0 saturated heterocycles. The zero-order valence-corrected chi connectivity index (χ0v) is 12.0. The molecule has 0 heterocycles. The van der Waals surface area contributed by atoms with Gasteiger partial charge in [-0.15, -0.1) is 0 Å². The Hall–Kier alpha value is -0.130. The van der Waals surface area contributed by atoms with Crippen molar-refractivity contribution in [3.8, 4) is 0 Å². The minimum atomic E-state index is -3.08. The number of hydrogen-bond acceptors (Lipinski definition) is 3. The second-order valence-electron chi connectivity index (χ2n) is 5.51. The highest BCUT2D eigenvalue weighted by Gasteiger charge is 2.25. The van der Waals surface area contributed by atoms with Crippen molar-refractivity contribution in [3.63, 3.8) is 0 Å². The minimum Gasteiger partial charge on any atom is -0.314 e. The fourth-order valence-electron chi connectivity index (χ4n) is 2.28. The average Bonchev–Trinajstić information content (AvgIpc) is 2.57. The Balaban J connectivity index is 2.22. The predicted molar refractivity (Wildman–Crippen MR) is 71.5 cm³/mol. The van der Waals surface area contributed by atoms with Crippen LogP contribution in [0, 0.1) is 5.92 Å². The van der Waals surface area contributed by atoms with Crippen LogP contribution in [0.15, 0.2) is 0 Å². The van der Waals surface area contributed by atoms with Gasteiger partial charge >= 0.3 is 0 Å². The quantitative estimate of drug-likeness (QED) is 0.683. The van der Waals surface area contributed by atoms with Crippen LogP contribution in [-0.4, -0.2) is 32.8 Å². The van der Waals surface area contributed by atoms with Gasteiger partial charge in [-0.2, -0.15) is 0 Å². The molecule has 102 valence electrons. The zero-order valence-electron chi connectivity index (χ0n) is 11.2. The molecule has 17 heavy (non-hydrogen) atoms. The summed E-state index contributed by atoms with van der Waals surface area (Å²) in [6.07, 6.45) is 3.80. The van der Waals surface area contributed by atoms with Crippen LogP contribution in [0.5, 0.6) is 0 Å². The summed E-state index contributed by atoms with van der Waals surface area (Å²) >= 11 is 0. The first-order chi connectivity index (χ1) is 7.89. The van der Waals surface area contributed by atoms with E-state index in [1.54, 1.807) is 0 Å². The Kier molecular flexibility index (Phi) is 5.89. The molecular formula is C12H26N2O2S. The molecule has 4 nitrogen and oxygen atoms in total. The smallest absolute Gasteiger partial charge is 0.211 e. The Morgan fingerprint density at radius 2 is 2.00 bits per heavy atom. The van der Waals surface area contributed by atoms with E-state index in [0.29, 0.717) is 18.4 Å². The maximum Gasteiger partial charge on any atom is 0.211 e. The van der Waals surface area contributed by atoms with Crippen molar-refractivity contribution >= 4 is 10.0 Å². The van der Waals surface area contributed by atoms with Crippen molar-refractivity contribution in [3.05, 3.63) is 0 Å². The van der Waals surface area contributed by atoms with E-state index in [-0.39, 0.29) is 11.8 Å². The molecule has 1 aliphatic carbocycles. The van der Waals surface area contributed by atoms with Gasteiger partial charge in [-0.1, -0.05) is 20.8 Å². The van der Waals surface area contributed by atoms with Gasteiger partial charge in [-0.25, -0.2) is 13.1 Å². The molecule has 1 fully saturated rings. The van der Waals surface area contributed by atoms with Gasteiger partial charge in [-0.05, 0) is 38.1 Å². The molecule has 0 spiro atoms. The van der Waals surface area contributed by atoms with E-state index in [2.05, 4.69) is 30.8 Å². The normalized spacial score (nSPS) is 25.6. The lowest BCUT2D eigenvalue weighted by Gasteiger charge is -2.13. The van der Waals surface area contributed by atoms with Crippen LogP contribution in [0.4, 0.5) is 0 Å². The summed E-state index contributed by atoms with van der Waals surface area (Å²) in [5.41, 5.74) is 0. The summed E-state index contributed by atoms with van der Waals surface area (Å²) in [7, 11) is -3.08. The lowest BCUT2D eigenvalue weighted by molar-refractivity contribution is 0.531. The molecule has 5 heteroatoms. The first-order valence-corrected chi connectivity index (χ1v) is 8.27. The average molecular weight is 262 g/mol. The van der Waals surface area contributed by atoms with Crippen LogP contribution in [0.3, 0.4) is 0 Å². The lowest BCUT2D eigenvalue weighted by Crippen LogP contribution is -2.35. The van der Waals surface area contributed by atoms with Gasteiger partial charge in [0.1, 0.15) is 0 Å². The molecule has 2 unspecified atom stereocenters. The van der Waals surface area contributed by atoms with Gasteiger partial charge < -0.3 is 5.32 Å². The first kappa shape index (κ1) is 14.9. The summed E-state index contributed by atoms with van der Waals surface area (Å²) in [5, 5.41) is 3.23. The van der Waals surface area contributed by atoms with Crippen molar-refractivity contribution in [2.24, 2.45) is 5.92 Å². The molecule has 0 bridgehead atoms. The van der Waals surface area contributed by atoms with E-state index in [4.69, 9.17) is 0 Å². The molecule has 0 radical (unpaired) electrons. The third-order valence-corrected chi connectivity index (χ3v) is 4.70. The molecule has 0 amide bonds. The Morgan fingerprint density at radius 1 is 1.29 bits per heavy atom. The van der Waals surface area contributed by atoms with Crippen LogP contribution in [-0.2, 0) is 10.0 Å². The number of rotatable bonds is 7. The fraction of sp³-hybridized carbons (Fsp3) is 1.00. The highest BCUT2D eigenvalue weighted by atomic mass is 32.2. The molecule has 0 aromatic rings. The van der Waals surface area contributed by atoms with Gasteiger partial charge in [0.15, 0.2) is 0 Å². The maximum atomic E-state index is 11.8. The van der Waals surface area contributed by atoms with Gasteiger partial charge in [0, 0.05) is 12.1 Å². The van der Waals surface area contributed by atoms with E-state index < -0.39 is 10.0 Å². The van der Waals surface area contributed by atoms with Crippen molar-refractivity contribution < 1.29 is 8.42 Å². The van der Waals surface area contributed by atoms with E-state index in [1.807, 2.05) is 0 Å². The summed E-state index contributed by atoms with van der Waals surface area (Å²) in [5.74, 6) is 0.891. The molecule has 1 saturated carbocycles. The fourth-order valence-corrected chi connectivity index (χ4v) is 3.64. The van der Waals surface area contributed by atoms with Gasteiger partial charge in [0.25, 0.3) is 0 Å². The largest absolute Gasteiger partial charge is 0.314 e. The van der Waals surface area contributed by atoms with Crippen molar-refractivity contribution in [1.82, 2.24) is 10.0 Å². The molecule has 0 aliphatic heterocycles. The van der Waals surface area contributed by atoms with Crippen LogP contribution in [0.1, 0.15) is 46.5 Å². The second-order valence-corrected chi connectivity index (χ2v) is 7.39. The third-order valence-electron chi connectivity index (χ3n) is 3.18. The Morgan fingerprint density at radius 3 is 2.53 bits per heavy atom. The summed E-state index contributed by atoms with van der Waals surface area (Å²) < 4.78 is 26.4. The standard InChI is InChI=1S/C12H26N2O2S/c1-10(2)13-7-4-8-17(15,16)14-12-6-5-11(3)9-12/h10-14H,4-9H2,1-3H3. The molecule has 2 atom stereocenters. The molecular weight excluding hydrogens is 236 g/mol. The summed E-state index contributed by atoms with van der Waals surface area (Å²) in [4.78, 5) is 0. The Bertz CT molecular complexity index is 314. The van der Waals surface area contributed by atoms with Crippen molar-refractivity contribution in [2.75, 3.05) is 12.3 Å². The zero-order chi connectivity index (χ0) is 12.9. The van der Waals surface area contributed by atoms with Crippen LogP contribution in [0.25, 0.3) is 0 Å². The van der Waals surface area contributed by atoms with Crippen LogP contribution >= 0.6 is 0 Å². The molecule has 0 aromatic heterocycles. The highest BCUT2D eigenvalue weighted by Crippen LogP contribution is 2.25. The van der Waals surface area contributed by atoms with Gasteiger partial charge in [0.05, 0.1) is 5.75 Å². The van der Waals surface area contributed by atoms with E-state index in [0.717, 1.165) is 25.8 Å². The lowest BCUT2D eigenvalue weighted by atomic mass is 10.1. The highest BCUT2D eigenvalue weighted by molar-refractivity contribution is 7.89. The van der Waals surface area contributed by atoms with Gasteiger partial charge in [-0.3, -0.25) is 0 Å². The molecule has 0 aromatic carbocycles. The van der Waals surface area contributed by atoms with Crippen molar-refractivity contribution in [1.29, 1.82) is 0 Å². The van der Waals surface area contributed by atoms with E-state index in [1.165, 1.54) is 0 Å². The Labute approximate surface area is 106 Å². The van der Waals surface area contributed by atoms with Crippen LogP contribution < -0.4 is 10.0 Å². The first-order valence-electron chi connectivity index (χ1n) is 6.62. The topological polar surface area (TPSA) is 58.2 Å². The predicted octanol–water partition coefficient (Wildman–Crippen LogP) is 1.48. The second kappa shape index (κ2) is 6.71. The van der Waals surface area contributed by atoms with Crippen LogP contribution in [0.2, 0.25) is 0 Å². The maximum absolute atomic E-state index is 11.8. The number of sulfonamides is 1. The monoisotopic (exact) mass is 262 g/mol. The number of nitrogens with one attached hydrogen (secondary N) is 2. The number of hydrogen-bond donors (Lipinski definition) is 2. The summed E-state index contributed by atoms with van der Waals surface area (Å²) in [6, 6.07) is 0.592. The van der Waals surface area contributed by atoms with E-state index in [9.17, 15) is 8.42 Å². The molecule has 2 N–H and O–H groups in total. The SMILES string of the molecule is CC1CCC(NS(=O)(=O)CCCNC(C)C)C1. The third kappa shape index (κ3) is 6.38. The van der Waals surface area contributed by atoms with Gasteiger partial charge in [0.2, 0.25) is 10.0 Å². The minimum absolute atomic E-state index is 0.174. The molecule has 1 rings (SSSR count).